The van der Waals surface area contributed by atoms with E-state index >= 15 is 0 Å². The molecule has 0 aliphatic rings. The SMILES string of the molecule is O=C([O-])CO[C@H](C(=O)[O-])[C@@H](O)C(=O)[O-]. The minimum absolute atomic E-state index is 1.18. The Morgan fingerprint density at radius 3 is 1.93 bits per heavy atom. The summed E-state index contributed by atoms with van der Waals surface area (Å²) < 4.78 is 3.99. The highest BCUT2D eigenvalue weighted by atomic mass is 16.5. The normalized spacial score (nSPS) is 14.4. The third kappa shape index (κ3) is 3.83. The number of aliphatic hydroxyl groups excluding tert-OH is 1. The van der Waals surface area contributed by atoms with E-state index in [0.717, 1.165) is 0 Å². The lowest BCUT2D eigenvalue weighted by molar-refractivity contribution is -0.338. The van der Waals surface area contributed by atoms with E-state index in [9.17, 15) is 29.7 Å². The molecule has 8 nitrogen and oxygen atoms in total. The first-order valence-electron chi connectivity index (χ1n) is 3.27. The van der Waals surface area contributed by atoms with Gasteiger partial charge in [-0.15, -0.1) is 0 Å². The van der Waals surface area contributed by atoms with Gasteiger partial charge in [0.1, 0.15) is 12.2 Å². The minimum atomic E-state index is -2.50. The molecule has 0 aromatic carbocycles. The molecule has 14 heavy (non-hydrogen) atoms. The molecule has 0 unspecified atom stereocenters. The maximum atomic E-state index is 10.2. The Bertz CT molecular complexity index is 246. The van der Waals surface area contributed by atoms with Crippen molar-refractivity contribution in [3.63, 3.8) is 0 Å². The molecule has 8 heteroatoms. The first-order valence-corrected chi connectivity index (χ1v) is 3.27. The number of carboxylic acids is 3. The van der Waals surface area contributed by atoms with Gasteiger partial charge in [0, 0.05) is 0 Å². The van der Waals surface area contributed by atoms with Crippen molar-refractivity contribution in [2.45, 2.75) is 12.2 Å². The second-order valence-corrected chi connectivity index (χ2v) is 2.19. The van der Waals surface area contributed by atoms with E-state index in [2.05, 4.69) is 4.74 Å². The van der Waals surface area contributed by atoms with E-state index in [0.29, 0.717) is 0 Å². The highest BCUT2D eigenvalue weighted by molar-refractivity contribution is 5.81. The predicted octanol–water partition coefficient (Wildman–Crippen LogP) is -6.02. The lowest BCUT2D eigenvalue weighted by Gasteiger charge is -2.24. The molecule has 0 aromatic heterocycles. The summed E-state index contributed by atoms with van der Waals surface area (Å²) in [6.07, 6.45) is -4.81. The van der Waals surface area contributed by atoms with Gasteiger partial charge in [-0.1, -0.05) is 0 Å². The average molecular weight is 205 g/mol. The van der Waals surface area contributed by atoms with Gasteiger partial charge >= 0.3 is 0 Å². The van der Waals surface area contributed by atoms with Crippen LogP contribution in [-0.2, 0) is 19.1 Å². The number of hydrogen-bond donors (Lipinski definition) is 1. The molecule has 0 rings (SSSR count). The molecule has 0 saturated heterocycles. The van der Waals surface area contributed by atoms with Gasteiger partial charge in [0.05, 0.1) is 24.5 Å². The van der Waals surface area contributed by atoms with Crippen LogP contribution in [0.2, 0.25) is 0 Å². The molecule has 0 saturated carbocycles. The van der Waals surface area contributed by atoms with Gasteiger partial charge in [0.15, 0.2) is 0 Å². The van der Waals surface area contributed by atoms with Crippen LogP contribution in [0.25, 0.3) is 0 Å². The van der Waals surface area contributed by atoms with Crippen molar-refractivity contribution in [3.8, 4) is 0 Å². The van der Waals surface area contributed by atoms with Crippen LogP contribution < -0.4 is 15.3 Å². The van der Waals surface area contributed by atoms with Crippen molar-refractivity contribution in [3.05, 3.63) is 0 Å². The number of carboxylic acid groups (broad SMARTS) is 3. The lowest BCUT2D eigenvalue weighted by Crippen LogP contribution is -2.53. The Labute approximate surface area is 77.3 Å². The Morgan fingerprint density at radius 1 is 1.14 bits per heavy atom. The van der Waals surface area contributed by atoms with Gasteiger partial charge in [-0.25, -0.2) is 0 Å². The fourth-order valence-corrected chi connectivity index (χ4v) is 0.570. The maximum absolute atomic E-state index is 10.2. The summed E-state index contributed by atoms with van der Waals surface area (Å²) in [5.74, 6) is -5.94. The molecule has 0 radical (unpaired) electrons. The van der Waals surface area contributed by atoms with Crippen molar-refractivity contribution in [2.75, 3.05) is 6.61 Å². The van der Waals surface area contributed by atoms with Gasteiger partial charge in [0.2, 0.25) is 0 Å². The van der Waals surface area contributed by atoms with Crippen molar-refractivity contribution < 1.29 is 39.5 Å². The summed E-state index contributed by atoms with van der Waals surface area (Å²) in [4.78, 5) is 30.0. The van der Waals surface area contributed by atoms with Gasteiger partial charge < -0.3 is 39.5 Å². The Balaban J connectivity index is 4.37. The van der Waals surface area contributed by atoms with E-state index < -0.39 is 36.7 Å². The number of ether oxygens (including phenoxy) is 1. The Kier molecular flexibility index (Phi) is 4.53. The zero-order valence-electron chi connectivity index (χ0n) is 6.67. The van der Waals surface area contributed by atoms with Crippen molar-refractivity contribution in [1.82, 2.24) is 0 Å². The molecular formula is C6H5O8-3. The highest BCUT2D eigenvalue weighted by Crippen LogP contribution is 1.97. The van der Waals surface area contributed by atoms with Gasteiger partial charge in [0.25, 0.3) is 0 Å². The first-order chi connectivity index (χ1) is 6.36. The second-order valence-electron chi connectivity index (χ2n) is 2.19. The molecule has 0 aromatic rings. The van der Waals surface area contributed by atoms with E-state index in [1.54, 1.807) is 0 Å². The summed E-state index contributed by atoms with van der Waals surface area (Å²) in [6.45, 7) is -1.18. The van der Waals surface area contributed by atoms with Crippen LogP contribution in [0.5, 0.6) is 0 Å². The smallest absolute Gasteiger partial charge is 0.128 e. The zero-order valence-corrected chi connectivity index (χ0v) is 6.67. The highest BCUT2D eigenvalue weighted by Gasteiger charge is 2.22. The number of carbonyl (C=O) groups excluding carboxylic acids is 3. The molecule has 0 amide bonds. The minimum Gasteiger partial charge on any atom is -0.548 e. The fourth-order valence-electron chi connectivity index (χ4n) is 0.570. The molecule has 0 fully saturated rings. The molecule has 0 heterocycles. The van der Waals surface area contributed by atoms with Gasteiger partial charge in [-0.3, -0.25) is 0 Å². The van der Waals surface area contributed by atoms with Gasteiger partial charge in [-0.2, -0.15) is 0 Å². The van der Waals surface area contributed by atoms with E-state index in [1.165, 1.54) is 0 Å². The van der Waals surface area contributed by atoms with Crippen molar-refractivity contribution >= 4 is 17.9 Å². The van der Waals surface area contributed by atoms with Crippen molar-refractivity contribution in [1.29, 1.82) is 0 Å². The average Bonchev–Trinajstić information content (AvgIpc) is 2.02. The second kappa shape index (κ2) is 5.14. The molecule has 1 N–H and O–H groups in total. The van der Waals surface area contributed by atoms with E-state index in [1.807, 2.05) is 0 Å². The molecule has 2 atom stereocenters. The summed E-state index contributed by atoms with van der Waals surface area (Å²) in [5.41, 5.74) is 0. The van der Waals surface area contributed by atoms with Crippen LogP contribution in [0.4, 0.5) is 0 Å². The molecule has 80 valence electrons. The predicted molar refractivity (Wildman–Crippen MR) is 30.8 cm³/mol. The summed E-state index contributed by atoms with van der Waals surface area (Å²) >= 11 is 0. The third-order valence-electron chi connectivity index (χ3n) is 1.14. The van der Waals surface area contributed by atoms with E-state index in [-0.39, 0.29) is 0 Å². The topological polar surface area (TPSA) is 150 Å². The first kappa shape index (κ1) is 12.3. The van der Waals surface area contributed by atoms with Crippen LogP contribution >= 0.6 is 0 Å². The standard InChI is InChI=1S/C6H8O8/c7-2(8)1-14-4(6(12)13)3(9)5(10)11/h3-4,9H,1H2,(H,7,8)(H,10,11)(H,12,13)/p-3/t3-,4+/m1/s1. The number of aliphatic carboxylic acids is 3. The quantitative estimate of drug-likeness (QED) is 0.450. The number of rotatable bonds is 6. The van der Waals surface area contributed by atoms with Crippen LogP contribution in [0.15, 0.2) is 0 Å². The van der Waals surface area contributed by atoms with Crippen LogP contribution in [0.3, 0.4) is 0 Å². The Hall–Kier alpha value is -1.67. The third-order valence-corrected chi connectivity index (χ3v) is 1.14. The van der Waals surface area contributed by atoms with Crippen molar-refractivity contribution in [2.24, 2.45) is 0 Å². The molecule has 0 bridgehead atoms. The molecular weight excluding hydrogens is 200 g/mol. The number of aliphatic hydroxyl groups is 1. The largest absolute Gasteiger partial charge is 0.548 e. The van der Waals surface area contributed by atoms with Crippen LogP contribution in [0.1, 0.15) is 0 Å². The van der Waals surface area contributed by atoms with Crippen LogP contribution in [0, 0.1) is 0 Å². The zero-order chi connectivity index (χ0) is 11.3. The summed E-state index contributed by atoms with van der Waals surface area (Å²) in [7, 11) is 0. The molecule has 0 aliphatic carbocycles. The molecule has 0 spiro atoms. The van der Waals surface area contributed by atoms with Crippen LogP contribution in [-0.4, -0.2) is 41.8 Å². The van der Waals surface area contributed by atoms with Gasteiger partial charge in [-0.05, 0) is 0 Å². The monoisotopic (exact) mass is 205 g/mol. The maximum Gasteiger partial charge on any atom is 0.128 e. The Morgan fingerprint density at radius 2 is 1.64 bits per heavy atom. The number of carbonyl (C=O) groups is 3. The summed E-state index contributed by atoms with van der Waals surface area (Å²) in [5, 5.41) is 38.6. The number of hydrogen-bond acceptors (Lipinski definition) is 8. The molecule has 0 aliphatic heterocycles. The fraction of sp³-hybridized carbons (Fsp3) is 0.500. The summed E-state index contributed by atoms with van der Waals surface area (Å²) in [6, 6.07) is 0. The van der Waals surface area contributed by atoms with E-state index in [4.69, 9.17) is 5.11 Å². The lowest BCUT2D eigenvalue weighted by atomic mass is 10.2.